The minimum absolute atomic E-state index is 0.0457. The van der Waals surface area contributed by atoms with Crippen LogP contribution in [-0.4, -0.2) is 68.0 Å². The van der Waals surface area contributed by atoms with E-state index in [-0.39, 0.29) is 12.1 Å². The molecule has 1 aliphatic rings. The maximum atomic E-state index is 13.4. The maximum absolute atomic E-state index is 13.4. The molecule has 12 heteroatoms. The Balaban J connectivity index is 1.45. The lowest BCUT2D eigenvalue weighted by atomic mass is 9.77. The van der Waals surface area contributed by atoms with E-state index in [2.05, 4.69) is 20.9 Å². The smallest absolute Gasteiger partial charge is 0.319 e. The number of primary amides is 1. The standard InChI is InChI=1S/C25H28FN5O6/c26-14-4-3-5-15(9-14)29-24(36)31-19-10-25(37,11-20(32)21(19)33)23(35)30-18(22(27)34)8-13-12-28-17-7-2-1-6-16(13)17/h1-7,9,12,18-21,28,32-33,37H,8,10-11H2,(H2,27,34)(H,30,35)(H2,29,31,36)/t18-,19+,20-,21-,25+/m1/s1. The lowest BCUT2D eigenvalue weighted by molar-refractivity contribution is -0.158. The van der Waals surface area contributed by atoms with E-state index >= 15 is 0 Å². The van der Waals surface area contributed by atoms with Crippen LogP contribution in [0.3, 0.4) is 0 Å². The van der Waals surface area contributed by atoms with Gasteiger partial charge in [-0.3, -0.25) is 9.59 Å². The second kappa shape index (κ2) is 10.5. The molecule has 196 valence electrons. The zero-order chi connectivity index (χ0) is 26.7. The van der Waals surface area contributed by atoms with Crippen LogP contribution in [0.5, 0.6) is 0 Å². The van der Waals surface area contributed by atoms with E-state index < -0.39 is 66.4 Å². The second-order valence-electron chi connectivity index (χ2n) is 9.21. The first-order valence-corrected chi connectivity index (χ1v) is 11.6. The summed E-state index contributed by atoms with van der Waals surface area (Å²) in [7, 11) is 0. The Morgan fingerprint density at radius 1 is 1.14 bits per heavy atom. The Kier molecular flexibility index (Phi) is 7.43. The van der Waals surface area contributed by atoms with Crippen LogP contribution in [0.2, 0.25) is 0 Å². The number of fused-ring (bicyclic) bond motifs is 1. The van der Waals surface area contributed by atoms with Gasteiger partial charge >= 0.3 is 6.03 Å². The van der Waals surface area contributed by atoms with Gasteiger partial charge in [-0.15, -0.1) is 0 Å². The average Bonchev–Trinajstić information content (AvgIpc) is 3.24. The molecule has 4 rings (SSSR count). The molecule has 2 aromatic carbocycles. The molecule has 37 heavy (non-hydrogen) atoms. The van der Waals surface area contributed by atoms with Gasteiger partial charge in [-0.2, -0.15) is 0 Å². The first kappa shape index (κ1) is 26.1. The number of hydrogen-bond acceptors (Lipinski definition) is 6. The molecule has 1 heterocycles. The number of para-hydroxylation sites is 1. The van der Waals surface area contributed by atoms with Crippen molar-refractivity contribution in [2.24, 2.45) is 5.73 Å². The van der Waals surface area contributed by atoms with E-state index in [0.717, 1.165) is 22.5 Å². The van der Waals surface area contributed by atoms with Crippen LogP contribution in [0.4, 0.5) is 14.9 Å². The summed E-state index contributed by atoms with van der Waals surface area (Å²) in [6.45, 7) is 0. The van der Waals surface area contributed by atoms with Crippen LogP contribution >= 0.6 is 0 Å². The van der Waals surface area contributed by atoms with Crippen molar-refractivity contribution in [2.75, 3.05) is 5.32 Å². The summed E-state index contributed by atoms with van der Waals surface area (Å²) in [5, 5.41) is 39.9. The summed E-state index contributed by atoms with van der Waals surface area (Å²) in [5.41, 5.74) is 4.98. The molecule has 1 fully saturated rings. The van der Waals surface area contributed by atoms with Gasteiger partial charge < -0.3 is 42.0 Å². The number of hydrogen-bond donors (Lipinski definition) is 8. The molecular weight excluding hydrogens is 485 g/mol. The number of urea groups is 1. The highest BCUT2D eigenvalue weighted by Crippen LogP contribution is 2.30. The second-order valence-corrected chi connectivity index (χ2v) is 9.21. The molecule has 0 bridgehead atoms. The number of aromatic amines is 1. The van der Waals surface area contributed by atoms with Crippen molar-refractivity contribution >= 4 is 34.4 Å². The van der Waals surface area contributed by atoms with Crippen LogP contribution in [0.15, 0.2) is 54.7 Å². The number of amides is 4. The van der Waals surface area contributed by atoms with Crippen molar-refractivity contribution in [3.63, 3.8) is 0 Å². The van der Waals surface area contributed by atoms with Gasteiger partial charge in [0.05, 0.1) is 12.1 Å². The van der Waals surface area contributed by atoms with Gasteiger partial charge in [0, 0.05) is 42.0 Å². The minimum Gasteiger partial charge on any atom is -0.390 e. The third-order valence-corrected chi connectivity index (χ3v) is 6.48. The molecule has 0 radical (unpaired) electrons. The molecule has 1 aromatic heterocycles. The molecule has 1 saturated carbocycles. The van der Waals surface area contributed by atoms with Gasteiger partial charge in [0.15, 0.2) is 0 Å². The fourth-order valence-electron chi connectivity index (χ4n) is 4.56. The third-order valence-electron chi connectivity index (χ3n) is 6.48. The molecule has 9 N–H and O–H groups in total. The van der Waals surface area contributed by atoms with Gasteiger partial charge in [0.2, 0.25) is 5.91 Å². The molecule has 11 nitrogen and oxygen atoms in total. The zero-order valence-electron chi connectivity index (χ0n) is 19.6. The summed E-state index contributed by atoms with van der Waals surface area (Å²) in [6, 6.07) is 9.20. The molecule has 0 saturated heterocycles. The molecule has 0 unspecified atom stereocenters. The van der Waals surface area contributed by atoms with Gasteiger partial charge in [0.25, 0.3) is 5.91 Å². The Morgan fingerprint density at radius 2 is 1.89 bits per heavy atom. The van der Waals surface area contributed by atoms with Crippen molar-refractivity contribution in [1.82, 2.24) is 15.6 Å². The monoisotopic (exact) mass is 513 g/mol. The number of anilines is 1. The Hall–Kier alpha value is -4.00. The predicted octanol–water partition coefficient (Wildman–Crippen LogP) is 0.257. The van der Waals surface area contributed by atoms with Crippen molar-refractivity contribution in [3.8, 4) is 0 Å². The Labute approximate surface area is 210 Å². The highest BCUT2D eigenvalue weighted by molar-refractivity contribution is 5.92. The van der Waals surface area contributed by atoms with Crippen LogP contribution in [0.1, 0.15) is 18.4 Å². The van der Waals surface area contributed by atoms with Gasteiger partial charge in [-0.05, 0) is 29.8 Å². The Morgan fingerprint density at radius 3 is 2.62 bits per heavy atom. The topological polar surface area (TPSA) is 190 Å². The number of H-pyrrole nitrogens is 1. The van der Waals surface area contributed by atoms with E-state index in [9.17, 15) is 34.1 Å². The number of rotatable bonds is 7. The summed E-state index contributed by atoms with van der Waals surface area (Å²) >= 11 is 0. The maximum Gasteiger partial charge on any atom is 0.319 e. The summed E-state index contributed by atoms with van der Waals surface area (Å²) in [4.78, 5) is 40.7. The van der Waals surface area contributed by atoms with Gasteiger partial charge in [-0.25, -0.2) is 9.18 Å². The summed E-state index contributed by atoms with van der Waals surface area (Å²) in [5.74, 6) is -2.39. The van der Waals surface area contributed by atoms with E-state index in [0.29, 0.717) is 0 Å². The number of benzene rings is 2. The normalized spacial score (nSPS) is 24.3. The third kappa shape index (κ3) is 5.88. The lowest BCUT2D eigenvalue weighted by Crippen LogP contribution is -2.64. The predicted molar refractivity (Wildman–Crippen MR) is 132 cm³/mol. The molecule has 3 aromatic rings. The fraction of sp³-hybridized carbons (Fsp3) is 0.320. The van der Waals surface area contributed by atoms with Crippen molar-refractivity contribution < 1.29 is 34.1 Å². The largest absolute Gasteiger partial charge is 0.390 e. The van der Waals surface area contributed by atoms with Crippen LogP contribution in [-0.2, 0) is 16.0 Å². The highest BCUT2D eigenvalue weighted by atomic mass is 19.1. The quantitative estimate of drug-likeness (QED) is 0.223. The van der Waals surface area contributed by atoms with E-state index in [1.54, 1.807) is 6.20 Å². The summed E-state index contributed by atoms with van der Waals surface area (Å²) < 4.78 is 13.4. The first-order chi connectivity index (χ1) is 17.6. The number of carbonyl (C=O) groups is 3. The molecule has 5 atom stereocenters. The highest BCUT2D eigenvalue weighted by Gasteiger charge is 2.49. The van der Waals surface area contributed by atoms with E-state index in [1.807, 2.05) is 24.3 Å². The molecular formula is C25H28FN5O6. The van der Waals surface area contributed by atoms with Crippen LogP contribution < -0.4 is 21.7 Å². The summed E-state index contributed by atoms with van der Waals surface area (Å²) in [6.07, 6.45) is -2.33. The van der Waals surface area contributed by atoms with Crippen molar-refractivity contribution in [3.05, 3.63) is 66.1 Å². The number of nitrogens with two attached hydrogens (primary N) is 1. The average molecular weight is 514 g/mol. The molecule has 0 spiro atoms. The van der Waals surface area contributed by atoms with Crippen molar-refractivity contribution in [2.45, 2.75) is 49.2 Å². The molecule has 0 aliphatic heterocycles. The molecule has 1 aliphatic carbocycles. The number of nitrogens with one attached hydrogen (secondary N) is 4. The fourth-order valence-corrected chi connectivity index (χ4v) is 4.56. The van der Waals surface area contributed by atoms with E-state index in [1.165, 1.54) is 18.2 Å². The van der Waals surface area contributed by atoms with Crippen molar-refractivity contribution in [1.29, 1.82) is 0 Å². The van der Waals surface area contributed by atoms with Crippen LogP contribution in [0.25, 0.3) is 10.9 Å². The zero-order valence-corrected chi connectivity index (χ0v) is 19.6. The Bertz CT molecular complexity index is 1320. The minimum atomic E-state index is -2.23. The lowest BCUT2D eigenvalue weighted by Gasteiger charge is -2.41. The first-order valence-electron chi connectivity index (χ1n) is 11.6. The number of aliphatic hydroxyl groups excluding tert-OH is 2. The number of aliphatic hydroxyl groups is 3. The van der Waals surface area contributed by atoms with Crippen LogP contribution in [0, 0.1) is 5.82 Å². The number of carbonyl (C=O) groups excluding carboxylic acids is 3. The number of aromatic nitrogens is 1. The SMILES string of the molecule is NC(=O)[C@@H](Cc1c[nH]c2ccccc12)NC(=O)[C@@]1(O)C[C@@H](O)[C@H](O)[C@@H](NC(=O)Nc2cccc(F)c2)C1. The van der Waals surface area contributed by atoms with Gasteiger partial charge in [-0.1, -0.05) is 24.3 Å². The number of halogens is 1. The van der Waals surface area contributed by atoms with E-state index in [4.69, 9.17) is 5.73 Å². The van der Waals surface area contributed by atoms with Gasteiger partial charge in [0.1, 0.15) is 23.6 Å². The molecule has 4 amide bonds.